The lowest BCUT2D eigenvalue weighted by Crippen LogP contribution is -2.47. The van der Waals surface area contributed by atoms with Gasteiger partial charge in [0.15, 0.2) is 0 Å². The fourth-order valence-electron chi connectivity index (χ4n) is 4.57. The van der Waals surface area contributed by atoms with Crippen LogP contribution in [0.25, 0.3) is 15.9 Å². The molecule has 11 heteroatoms. The highest BCUT2D eigenvalue weighted by Gasteiger charge is 2.24. The van der Waals surface area contributed by atoms with Gasteiger partial charge in [0.1, 0.15) is 29.0 Å². The van der Waals surface area contributed by atoms with E-state index in [9.17, 15) is 14.4 Å². The third-order valence-electron chi connectivity index (χ3n) is 6.69. The van der Waals surface area contributed by atoms with Crippen LogP contribution in [-0.2, 0) is 4.79 Å². The van der Waals surface area contributed by atoms with Gasteiger partial charge in [-0.1, -0.05) is 18.2 Å². The Morgan fingerprint density at radius 1 is 1.10 bits per heavy atom. The highest BCUT2D eigenvalue weighted by atomic mass is 32.1. The number of aromatic nitrogens is 2. The molecule has 4 aromatic rings. The smallest absolute Gasteiger partial charge is 0.262 e. The number of aryl methyl sites for hydroxylation is 1. The summed E-state index contributed by atoms with van der Waals surface area (Å²) < 4.78 is 12.9. The fourth-order valence-corrected chi connectivity index (χ4v) is 5.65. The number of nitrogens with zero attached hydrogens (tertiary/aromatic N) is 2. The molecule has 208 valence electrons. The highest BCUT2D eigenvalue weighted by Crippen LogP contribution is 2.30. The summed E-state index contributed by atoms with van der Waals surface area (Å²) in [5.74, 6) is 0.107. The van der Waals surface area contributed by atoms with Crippen LogP contribution in [-0.4, -0.2) is 60.4 Å². The minimum absolute atomic E-state index is 0.144. The molecule has 1 atom stereocenters. The van der Waals surface area contributed by atoms with Crippen LogP contribution in [0.5, 0.6) is 11.5 Å². The molecule has 0 saturated carbocycles. The first-order chi connectivity index (χ1) is 19.4. The second-order valence-electron chi connectivity index (χ2n) is 9.44. The van der Waals surface area contributed by atoms with Crippen LogP contribution >= 0.6 is 11.3 Å². The summed E-state index contributed by atoms with van der Waals surface area (Å²) >= 11 is 1.34. The van der Waals surface area contributed by atoms with E-state index < -0.39 is 6.04 Å². The molecule has 0 aliphatic carbocycles. The van der Waals surface area contributed by atoms with Crippen LogP contribution in [0.15, 0.2) is 54.6 Å². The van der Waals surface area contributed by atoms with Crippen molar-refractivity contribution in [2.45, 2.75) is 32.2 Å². The molecule has 0 fully saturated rings. The Balaban J connectivity index is 1.29. The second kappa shape index (κ2) is 12.2. The molecule has 3 N–H and O–H groups in total. The van der Waals surface area contributed by atoms with E-state index in [1.807, 2.05) is 48.0 Å². The van der Waals surface area contributed by atoms with Crippen molar-refractivity contribution in [3.05, 3.63) is 70.7 Å². The quantitative estimate of drug-likeness (QED) is 0.350. The van der Waals surface area contributed by atoms with E-state index >= 15 is 0 Å². The maximum absolute atomic E-state index is 13.3. The molecule has 0 spiro atoms. The van der Waals surface area contributed by atoms with Crippen molar-refractivity contribution in [2.24, 2.45) is 0 Å². The molecule has 10 nitrogen and oxygen atoms in total. The number of fused-ring (bicyclic) bond motifs is 2. The minimum atomic E-state index is -0.726. The normalized spacial score (nSPS) is 16.7. The molecular weight excluding hydrogens is 530 g/mol. The monoisotopic (exact) mass is 561 g/mol. The number of para-hydroxylation sites is 1. The number of thiophene rings is 1. The third kappa shape index (κ3) is 5.94. The Morgan fingerprint density at radius 2 is 1.93 bits per heavy atom. The van der Waals surface area contributed by atoms with E-state index in [1.165, 1.54) is 18.4 Å². The number of carbonyl (C=O) groups excluding carboxylic acids is 3. The van der Waals surface area contributed by atoms with Crippen molar-refractivity contribution in [3.8, 4) is 17.2 Å². The second-order valence-corrected chi connectivity index (χ2v) is 10.5. The maximum atomic E-state index is 13.3. The third-order valence-corrected chi connectivity index (χ3v) is 7.80. The molecule has 2 aromatic carbocycles. The number of hydrogen-bond acceptors (Lipinski definition) is 7. The minimum Gasteiger partial charge on any atom is -0.497 e. The number of nitrogens with one attached hydrogen (secondary N) is 3. The van der Waals surface area contributed by atoms with E-state index in [2.05, 4.69) is 21.0 Å². The average molecular weight is 562 g/mol. The van der Waals surface area contributed by atoms with Crippen LogP contribution in [0.3, 0.4) is 0 Å². The van der Waals surface area contributed by atoms with Gasteiger partial charge in [-0.2, -0.15) is 5.10 Å². The van der Waals surface area contributed by atoms with Crippen molar-refractivity contribution in [1.82, 2.24) is 25.7 Å². The van der Waals surface area contributed by atoms with E-state index in [-0.39, 0.29) is 30.9 Å². The summed E-state index contributed by atoms with van der Waals surface area (Å²) in [7, 11) is 1.54. The first kappa shape index (κ1) is 27.2. The van der Waals surface area contributed by atoms with Crippen molar-refractivity contribution in [1.29, 1.82) is 0 Å². The van der Waals surface area contributed by atoms with Crippen LogP contribution < -0.4 is 25.4 Å². The summed E-state index contributed by atoms with van der Waals surface area (Å²) in [6.07, 6.45) is 1.72. The first-order valence-electron chi connectivity index (χ1n) is 13.2. The Morgan fingerprint density at radius 3 is 2.73 bits per heavy atom. The van der Waals surface area contributed by atoms with Crippen molar-refractivity contribution in [2.75, 3.05) is 26.8 Å². The SMILES string of the molecule is COc1ccc2c(c1)OCCNC(=O)[C@@H](NC(=O)c1cc3c(C)nn(-c4ccccc4)c3s1)CCCCNC2=O. The first-order valence-corrected chi connectivity index (χ1v) is 14.0. The number of rotatable bonds is 4. The van der Waals surface area contributed by atoms with Gasteiger partial charge in [0.2, 0.25) is 5.91 Å². The molecular formula is C29H31N5O5S. The fraction of sp³-hybridized carbons (Fsp3) is 0.310. The van der Waals surface area contributed by atoms with Gasteiger partial charge >= 0.3 is 0 Å². The lowest BCUT2D eigenvalue weighted by molar-refractivity contribution is -0.123. The Kier molecular flexibility index (Phi) is 8.30. The Bertz CT molecular complexity index is 1530. The number of benzene rings is 2. The standard InChI is InChI=1S/C29H31N5O5S/c1-18-22-17-25(40-29(22)34(33-18)19-8-4-3-5-9-19)28(37)32-23-10-6-7-13-30-26(35)21-12-11-20(38-2)16-24(21)39-15-14-31-27(23)36/h3-5,8-9,11-12,16-17,23H,6-7,10,13-15H2,1-2H3,(H,30,35)(H,31,36)(H,32,37)/t23-/m0/s1. The summed E-state index contributed by atoms with van der Waals surface area (Å²) in [4.78, 5) is 40.5. The Labute approximate surface area is 235 Å². The molecule has 40 heavy (non-hydrogen) atoms. The lowest BCUT2D eigenvalue weighted by Gasteiger charge is -2.19. The highest BCUT2D eigenvalue weighted by molar-refractivity contribution is 7.20. The summed E-state index contributed by atoms with van der Waals surface area (Å²) in [5.41, 5.74) is 2.14. The van der Waals surface area contributed by atoms with Crippen molar-refractivity contribution < 1.29 is 23.9 Å². The molecule has 2 aromatic heterocycles. The van der Waals surface area contributed by atoms with Gasteiger partial charge in [0, 0.05) is 18.0 Å². The van der Waals surface area contributed by atoms with Gasteiger partial charge in [-0.3, -0.25) is 14.4 Å². The summed E-state index contributed by atoms with van der Waals surface area (Å²) in [6, 6.07) is 15.9. The number of amides is 3. The van der Waals surface area contributed by atoms with Crippen LogP contribution in [0, 0.1) is 6.92 Å². The van der Waals surface area contributed by atoms with E-state index in [4.69, 9.17) is 9.47 Å². The zero-order valence-corrected chi connectivity index (χ0v) is 23.2. The van der Waals surface area contributed by atoms with Gasteiger partial charge in [0.05, 0.1) is 35.5 Å². The predicted molar refractivity (Wildman–Crippen MR) is 153 cm³/mol. The number of ether oxygens (including phenoxy) is 2. The molecule has 5 rings (SSSR count). The molecule has 1 aliphatic rings. The summed E-state index contributed by atoms with van der Waals surface area (Å²) in [6.45, 7) is 2.69. The molecule has 0 radical (unpaired) electrons. The average Bonchev–Trinajstić information content (AvgIpc) is 3.54. The topological polar surface area (TPSA) is 124 Å². The molecule has 3 heterocycles. The lowest BCUT2D eigenvalue weighted by atomic mass is 10.1. The molecule has 0 bridgehead atoms. The predicted octanol–water partition coefficient (Wildman–Crippen LogP) is 3.61. The van der Waals surface area contributed by atoms with Crippen LogP contribution in [0.2, 0.25) is 0 Å². The molecule has 0 saturated heterocycles. The Hall–Kier alpha value is -4.38. The van der Waals surface area contributed by atoms with Crippen molar-refractivity contribution in [3.63, 3.8) is 0 Å². The largest absolute Gasteiger partial charge is 0.497 e. The molecule has 3 amide bonds. The van der Waals surface area contributed by atoms with Crippen LogP contribution in [0.1, 0.15) is 45.0 Å². The van der Waals surface area contributed by atoms with Crippen molar-refractivity contribution >= 4 is 39.3 Å². The zero-order valence-electron chi connectivity index (χ0n) is 22.4. The van der Waals surface area contributed by atoms with Crippen LogP contribution in [0.4, 0.5) is 0 Å². The zero-order chi connectivity index (χ0) is 28.1. The van der Waals surface area contributed by atoms with Gasteiger partial charge < -0.3 is 25.4 Å². The molecule has 0 unspecified atom stereocenters. The maximum Gasteiger partial charge on any atom is 0.262 e. The summed E-state index contributed by atoms with van der Waals surface area (Å²) in [5, 5.41) is 14.2. The van der Waals surface area contributed by atoms with Gasteiger partial charge in [-0.05, 0) is 56.5 Å². The number of methoxy groups -OCH3 is 1. The number of carbonyl (C=O) groups is 3. The molecule has 1 aliphatic heterocycles. The van der Waals surface area contributed by atoms with Gasteiger partial charge in [0.25, 0.3) is 11.8 Å². The van der Waals surface area contributed by atoms with Gasteiger partial charge in [-0.25, -0.2) is 4.68 Å². The number of hydrogen-bond donors (Lipinski definition) is 3. The van der Waals surface area contributed by atoms with E-state index in [1.54, 1.807) is 18.2 Å². The van der Waals surface area contributed by atoms with E-state index in [0.717, 1.165) is 21.6 Å². The van der Waals surface area contributed by atoms with Gasteiger partial charge in [-0.15, -0.1) is 11.3 Å². The van der Waals surface area contributed by atoms with E-state index in [0.29, 0.717) is 47.7 Å².